The molecule has 1 spiro atoms. The molecule has 0 aromatic heterocycles. The molecule has 3 heterocycles. The summed E-state index contributed by atoms with van der Waals surface area (Å²) < 4.78 is 7.02. The van der Waals surface area contributed by atoms with Crippen molar-refractivity contribution in [2.24, 2.45) is 0 Å². The lowest BCUT2D eigenvalue weighted by atomic mass is 9.70. The third kappa shape index (κ3) is 7.98. The van der Waals surface area contributed by atoms with E-state index in [1.807, 2.05) is 44.2 Å². The van der Waals surface area contributed by atoms with Gasteiger partial charge in [0, 0.05) is 44.3 Å². The van der Waals surface area contributed by atoms with Crippen molar-refractivity contribution in [1.29, 1.82) is 0 Å². The fraction of sp³-hybridized carbons (Fsp3) is 0.513. The normalized spacial score (nSPS) is 25.7. The van der Waals surface area contributed by atoms with E-state index in [9.17, 15) is 4.79 Å². The zero-order valence-corrected chi connectivity index (χ0v) is 31.8. The second-order valence-corrected chi connectivity index (χ2v) is 15.1. The van der Waals surface area contributed by atoms with Gasteiger partial charge in [0.1, 0.15) is 5.75 Å². The summed E-state index contributed by atoms with van der Waals surface area (Å²) in [4.78, 5) is 16.0. The monoisotopic (exact) mass is 789 g/mol. The van der Waals surface area contributed by atoms with Gasteiger partial charge < -0.3 is 43.4 Å². The molecule has 1 amide bonds. The van der Waals surface area contributed by atoms with E-state index in [1.165, 1.54) is 16.7 Å². The molecule has 254 valence electrons. The predicted molar refractivity (Wildman–Crippen MR) is 189 cm³/mol. The van der Waals surface area contributed by atoms with Crippen LogP contribution in [0.1, 0.15) is 75.1 Å². The van der Waals surface area contributed by atoms with E-state index in [0.717, 1.165) is 93.6 Å². The number of carbonyl (C=O) groups excluding carboxylic acids is 1. The third-order valence-corrected chi connectivity index (χ3v) is 12.0. The van der Waals surface area contributed by atoms with Gasteiger partial charge in [-0.15, -0.1) is 0 Å². The van der Waals surface area contributed by atoms with Gasteiger partial charge >= 0.3 is 0 Å². The van der Waals surface area contributed by atoms with Crippen LogP contribution in [0.25, 0.3) is 0 Å². The number of nitrogens with zero attached hydrogens (tertiary/aromatic N) is 2. The molecule has 3 aromatic rings. The summed E-state index contributed by atoms with van der Waals surface area (Å²) in [5.41, 5.74) is 5.16. The molecule has 0 bridgehead atoms. The minimum atomic E-state index is -0.171. The van der Waals surface area contributed by atoms with Crippen LogP contribution in [0, 0.1) is 0 Å². The zero-order valence-electron chi connectivity index (χ0n) is 28.2. The SMILES string of the molecule is CC[N+]1(CCC2(c3ccc(Cl)c(Cl)c3)CCCN(C(=O)Cc3cccc(OC(C)C)c3)C2)CCC2(CC1)NCCc1ccccc12.[I-]. The summed E-state index contributed by atoms with van der Waals surface area (Å²) in [7, 11) is 0. The molecule has 0 radical (unpaired) electrons. The average Bonchev–Trinajstić information content (AvgIpc) is 3.06. The van der Waals surface area contributed by atoms with Gasteiger partial charge in [0.15, 0.2) is 0 Å². The Morgan fingerprint density at radius 3 is 2.53 bits per heavy atom. The molecule has 3 aliphatic heterocycles. The van der Waals surface area contributed by atoms with Crippen molar-refractivity contribution < 1.29 is 38.0 Å². The van der Waals surface area contributed by atoms with E-state index in [2.05, 4.69) is 53.5 Å². The summed E-state index contributed by atoms with van der Waals surface area (Å²) in [5.74, 6) is 0.986. The topological polar surface area (TPSA) is 41.6 Å². The largest absolute Gasteiger partial charge is 1.00 e. The lowest BCUT2D eigenvalue weighted by molar-refractivity contribution is -0.933. The minimum Gasteiger partial charge on any atom is -1.00 e. The maximum absolute atomic E-state index is 13.9. The molecule has 3 aromatic carbocycles. The van der Waals surface area contributed by atoms with Crippen molar-refractivity contribution >= 4 is 29.1 Å². The molecule has 1 atom stereocenters. The first kappa shape index (κ1) is 36.4. The lowest BCUT2D eigenvalue weighted by Gasteiger charge is -2.52. The number of likely N-dealkylation sites (tertiary alicyclic amines) is 2. The second kappa shape index (κ2) is 15.4. The van der Waals surface area contributed by atoms with E-state index in [-0.39, 0.29) is 46.9 Å². The van der Waals surface area contributed by atoms with Crippen molar-refractivity contribution in [2.45, 2.75) is 82.8 Å². The van der Waals surface area contributed by atoms with E-state index in [4.69, 9.17) is 27.9 Å². The van der Waals surface area contributed by atoms with Gasteiger partial charge in [0.25, 0.3) is 0 Å². The van der Waals surface area contributed by atoms with Crippen LogP contribution in [0.2, 0.25) is 10.0 Å². The quantitative estimate of drug-likeness (QED) is 0.247. The standard InChI is InChI=1S/C39H50Cl2N3O2.HI/c1-4-44(23-18-39(19-24-44)34-12-6-5-10-31(34)15-20-42-39)22-17-38(32-13-14-35(40)36(41)27-32)16-8-21-43(28-38)37(45)26-30-9-7-11-33(25-30)46-29(2)3;/h5-7,9-14,25,27,29,42H,4,8,15-24,26,28H2,1-3H3;1H/q+1;/p-1. The van der Waals surface area contributed by atoms with Crippen LogP contribution in [0.4, 0.5) is 0 Å². The maximum atomic E-state index is 13.9. The van der Waals surface area contributed by atoms with Gasteiger partial charge in [0.05, 0.1) is 54.3 Å². The number of benzene rings is 3. The van der Waals surface area contributed by atoms with Crippen molar-refractivity contribution in [3.8, 4) is 5.75 Å². The van der Waals surface area contributed by atoms with E-state index < -0.39 is 0 Å². The summed E-state index contributed by atoms with van der Waals surface area (Å²) in [6.07, 6.45) is 6.91. The average molecular weight is 791 g/mol. The molecule has 1 unspecified atom stereocenters. The van der Waals surface area contributed by atoms with Crippen LogP contribution < -0.4 is 34.0 Å². The highest BCUT2D eigenvalue weighted by Gasteiger charge is 2.47. The molecular formula is C39H50Cl2IN3O2. The molecule has 8 heteroatoms. The van der Waals surface area contributed by atoms with Crippen LogP contribution in [0.3, 0.4) is 0 Å². The Kier molecular flexibility index (Phi) is 11.9. The molecule has 2 fully saturated rings. The first-order valence-electron chi connectivity index (χ1n) is 17.3. The number of nitrogens with one attached hydrogen (secondary N) is 1. The van der Waals surface area contributed by atoms with Gasteiger partial charge in [-0.25, -0.2) is 0 Å². The lowest BCUT2D eigenvalue weighted by Crippen LogP contribution is -3.00. The van der Waals surface area contributed by atoms with Crippen molar-refractivity contribution in [1.82, 2.24) is 10.2 Å². The first-order valence-corrected chi connectivity index (χ1v) is 18.1. The Balaban J connectivity index is 0.00000433. The van der Waals surface area contributed by atoms with Crippen molar-refractivity contribution in [2.75, 3.05) is 45.8 Å². The number of ether oxygens (including phenoxy) is 1. The summed E-state index contributed by atoms with van der Waals surface area (Å²) in [6, 6.07) is 23.2. The Morgan fingerprint density at radius 2 is 1.79 bits per heavy atom. The molecule has 47 heavy (non-hydrogen) atoms. The minimum absolute atomic E-state index is 0. The van der Waals surface area contributed by atoms with Gasteiger partial charge in [-0.1, -0.05) is 65.7 Å². The molecule has 0 saturated carbocycles. The fourth-order valence-corrected chi connectivity index (χ4v) is 8.77. The number of amides is 1. The number of hydrogen-bond acceptors (Lipinski definition) is 3. The van der Waals surface area contributed by atoms with Gasteiger partial charge in [-0.05, 0) is 86.6 Å². The van der Waals surface area contributed by atoms with E-state index in [1.54, 1.807) is 0 Å². The second-order valence-electron chi connectivity index (χ2n) is 14.3. The Hall–Kier alpha value is -1.84. The summed E-state index contributed by atoms with van der Waals surface area (Å²) >= 11 is 13.1. The number of carbonyl (C=O) groups is 1. The van der Waals surface area contributed by atoms with Gasteiger partial charge in [-0.2, -0.15) is 0 Å². The number of rotatable bonds is 9. The number of fused-ring (bicyclic) bond motifs is 2. The highest BCUT2D eigenvalue weighted by molar-refractivity contribution is 6.42. The smallest absolute Gasteiger partial charge is 0.227 e. The molecule has 3 aliphatic rings. The molecule has 2 saturated heterocycles. The number of quaternary nitrogens is 1. The van der Waals surface area contributed by atoms with Crippen LogP contribution in [-0.2, 0) is 28.6 Å². The number of halogens is 3. The first-order chi connectivity index (χ1) is 22.1. The fourth-order valence-electron chi connectivity index (χ4n) is 8.47. The van der Waals surface area contributed by atoms with Crippen LogP contribution in [0.15, 0.2) is 66.7 Å². The zero-order chi connectivity index (χ0) is 32.4. The highest BCUT2D eigenvalue weighted by Crippen LogP contribution is 2.43. The molecular weight excluding hydrogens is 740 g/mol. The Bertz CT molecular complexity index is 1540. The molecule has 0 aliphatic carbocycles. The summed E-state index contributed by atoms with van der Waals surface area (Å²) in [6.45, 7) is 13.5. The van der Waals surface area contributed by atoms with Gasteiger partial charge in [-0.3, -0.25) is 4.79 Å². The van der Waals surface area contributed by atoms with E-state index >= 15 is 0 Å². The molecule has 6 rings (SSSR count). The maximum Gasteiger partial charge on any atom is 0.227 e. The Morgan fingerprint density at radius 1 is 1.00 bits per heavy atom. The molecule has 5 nitrogen and oxygen atoms in total. The van der Waals surface area contributed by atoms with Crippen LogP contribution >= 0.6 is 23.2 Å². The van der Waals surface area contributed by atoms with Crippen LogP contribution in [-0.4, -0.2) is 67.2 Å². The van der Waals surface area contributed by atoms with Crippen LogP contribution in [0.5, 0.6) is 5.75 Å². The van der Waals surface area contributed by atoms with Crippen molar-refractivity contribution in [3.05, 3.63) is 99.0 Å². The Labute approximate surface area is 308 Å². The van der Waals surface area contributed by atoms with Crippen molar-refractivity contribution in [3.63, 3.8) is 0 Å². The highest BCUT2D eigenvalue weighted by atomic mass is 127. The third-order valence-electron chi connectivity index (χ3n) is 11.2. The molecule has 1 N–H and O–H groups in total. The van der Waals surface area contributed by atoms with Gasteiger partial charge in [0.2, 0.25) is 5.91 Å². The number of hydrogen-bond donors (Lipinski definition) is 1. The number of piperidine rings is 2. The van der Waals surface area contributed by atoms with E-state index in [0.29, 0.717) is 23.0 Å². The predicted octanol–water partition coefficient (Wildman–Crippen LogP) is 4.95. The summed E-state index contributed by atoms with van der Waals surface area (Å²) in [5, 5.41) is 5.13.